The van der Waals surface area contributed by atoms with Crippen molar-refractivity contribution in [2.24, 2.45) is 0 Å². The molecule has 8 nitrogen and oxygen atoms in total. The van der Waals surface area contributed by atoms with E-state index in [-0.39, 0.29) is 30.9 Å². The van der Waals surface area contributed by atoms with Gasteiger partial charge in [0.1, 0.15) is 0 Å². The van der Waals surface area contributed by atoms with Gasteiger partial charge in [-0.15, -0.1) is 0 Å². The average molecular weight is 546 g/mol. The Bertz CT molecular complexity index is 1250. The first-order chi connectivity index (χ1) is 19.5. The number of likely N-dealkylation sites (tertiary alicyclic amines) is 1. The van der Waals surface area contributed by atoms with Gasteiger partial charge in [0.05, 0.1) is 24.9 Å². The average Bonchev–Trinajstić information content (AvgIpc) is 3.40. The van der Waals surface area contributed by atoms with Gasteiger partial charge < -0.3 is 30.3 Å². The monoisotopic (exact) mass is 545 g/mol. The van der Waals surface area contributed by atoms with Crippen LogP contribution in [0.3, 0.4) is 0 Å². The van der Waals surface area contributed by atoms with Crippen LogP contribution in [-0.4, -0.2) is 59.5 Å². The molecular weight excluding hydrogens is 506 g/mol. The second kappa shape index (κ2) is 13.4. The molecule has 3 aromatic rings. The van der Waals surface area contributed by atoms with Gasteiger partial charge in [-0.1, -0.05) is 72.8 Å². The molecule has 2 aliphatic rings. The summed E-state index contributed by atoms with van der Waals surface area (Å²) in [7, 11) is 0. The minimum atomic E-state index is -0.530. The van der Waals surface area contributed by atoms with Crippen molar-refractivity contribution in [3.63, 3.8) is 0 Å². The molecule has 0 radical (unpaired) electrons. The van der Waals surface area contributed by atoms with Crippen LogP contribution < -0.4 is 10.6 Å². The number of hydrogen-bond acceptors (Lipinski definition) is 6. The smallest absolute Gasteiger partial charge is 0.315 e. The molecule has 2 fully saturated rings. The third kappa shape index (κ3) is 7.08. The minimum absolute atomic E-state index is 0.00886. The van der Waals surface area contributed by atoms with E-state index in [1.807, 2.05) is 61.5 Å². The lowest BCUT2D eigenvalue weighted by molar-refractivity contribution is -0.252. The molecule has 0 aromatic heterocycles. The number of hydrogen-bond donors (Lipinski definition) is 4. The van der Waals surface area contributed by atoms with Crippen LogP contribution in [0.25, 0.3) is 11.1 Å². The molecule has 0 bridgehead atoms. The van der Waals surface area contributed by atoms with E-state index in [1.54, 1.807) is 0 Å². The van der Waals surface area contributed by atoms with Gasteiger partial charge in [-0.25, -0.2) is 4.79 Å². The lowest BCUT2D eigenvalue weighted by Crippen LogP contribution is -2.38. The molecule has 40 heavy (non-hydrogen) atoms. The van der Waals surface area contributed by atoms with E-state index in [9.17, 15) is 15.0 Å². The number of carbonyl (C=O) groups is 1. The molecule has 2 aliphatic heterocycles. The van der Waals surface area contributed by atoms with Crippen molar-refractivity contribution in [2.75, 3.05) is 26.2 Å². The zero-order valence-electron chi connectivity index (χ0n) is 23.0. The molecule has 0 spiro atoms. The van der Waals surface area contributed by atoms with E-state index in [0.717, 1.165) is 52.9 Å². The summed E-state index contributed by atoms with van der Waals surface area (Å²) < 4.78 is 13.0. The summed E-state index contributed by atoms with van der Waals surface area (Å²) in [5.74, 6) is 0. The van der Waals surface area contributed by atoms with Crippen molar-refractivity contribution in [3.05, 3.63) is 95.1 Å². The first-order valence-corrected chi connectivity index (χ1v) is 14.1. The highest BCUT2D eigenvalue weighted by molar-refractivity contribution is 5.74. The molecule has 212 valence electrons. The SMILES string of the molecule is CCNC(=O)NCc1ccccc1-c1ccc([C@@H]2O[C@H](CN3CC[C@H](O)C3)C[C@H](c3ccc(CO)cc3)O2)cc1. The van der Waals surface area contributed by atoms with Gasteiger partial charge in [0.25, 0.3) is 0 Å². The summed E-state index contributed by atoms with van der Waals surface area (Å²) in [4.78, 5) is 14.2. The van der Waals surface area contributed by atoms with E-state index in [2.05, 4.69) is 33.7 Å². The van der Waals surface area contributed by atoms with Crippen LogP contribution in [0, 0.1) is 0 Å². The lowest BCUT2D eigenvalue weighted by Gasteiger charge is -2.38. The maximum Gasteiger partial charge on any atom is 0.315 e. The molecule has 4 N–H and O–H groups in total. The van der Waals surface area contributed by atoms with Crippen LogP contribution in [0.5, 0.6) is 0 Å². The molecule has 0 unspecified atom stereocenters. The van der Waals surface area contributed by atoms with Crippen LogP contribution in [0.1, 0.15) is 54.4 Å². The van der Waals surface area contributed by atoms with Gasteiger partial charge in [0.15, 0.2) is 6.29 Å². The number of nitrogens with zero attached hydrogens (tertiary/aromatic N) is 1. The molecule has 3 aromatic carbocycles. The number of urea groups is 1. The number of ether oxygens (including phenoxy) is 2. The Hall–Kier alpha value is -3.27. The van der Waals surface area contributed by atoms with Crippen LogP contribution in [0.4, 0.5) is 4.79 Å². The summed E-state index contributed by atoms with van der Waals surface area (Å²) >= 11 is 0. The number of aliphatic hydroxyl groups is 2. The summed E-state index contributed by atoms with van der Waals surface area (Å²) in [6, 6.07) is 24.0. The summed E-state index contributed by atoms with van der Waals surface area (Å²) in [5.41, 5.74) is 6.00. The van der Waals surface area contributed by atoms with Crippen molar-refractivity contribution < 1.29 is 24.5 Å². The number of benzene rings is 3. The first-order valence-electron chi connectivity index (χ1n) is 14.1. The molecule has 5 rings (SSSR count). The molecule has 2 heterocycles. The number of nitrogens with one attached hydrogen (secondary N) is 2. The Balaban J connectivity index is 1.33. The Morgan fingerprint density at radius 1 is 0.975 bits per heavy atom. The van der Waals surface area contributed by atoms with Gasteiger partial charge in [0, 0.05) is 44.7 Å². The maximum atomic E-state index is 11.9. The second-order valence-corrected chi connectivity index (χ2v) is 10.5. The highest BCUT2D eigenvalue weighted by Crippen LogP contribution is 2.39. The Kier molecular flexibility index (Phi) is 9.46. The fourth-order valence-corrected chi connectivity index (χ4v) is 5.47. The van der Waals surface area contributed by atoms with Crippen LogP contribution in [0.2, 0.25) is 0 Å². The van der Waals surface area contributed by atoms with Crippen LogP contribution >= 0.6 is 0 Å². The molecular formula is C32H39N3O5. The molecule has 8 heteroatoms. The Morgan fingerprint density at radius 3 is 2.42 bits per heavy atom. The third-order valence-corrected chi connectivity index (χ3v) is 7.61. The van der Waals surface area contributed by atoms with Crippen molar-refractivity contribution in [2.45, 2.75) is 57.5 Å². The highest BCUT2D eigenvalue weighted by Gasteiger charge is 2.34. The molecule has 4 atom stereocenters. The fraction of sp³-hybridized carbons (Fsp3) is 0.406. The quantitative estimate of drug-likeness (QED) is 0.320. The van der Waals surface area contributed by atoms with Crippen LogP contribution in [-0.2, 0) is 22.6 Å². The van der Waals surface area contributed by atoms with E-state index >= 15 is 0 Å². The predicted octanol–water partition coefficient (Wildman–Crippen LogP) is 4.28. The van der Waals surface area contributed by atoms with Crippen molar-refractivity contribution in [3.8, 4) is 11.1 Å². The van der Waals surface area contributed by atoms with Gasteiger partial charge in [-0.2, -0.15) is 0 Å². The first kappa shape index (κ1) is 28.3. The van der Waals surface area contributed by atoms with E-state index in [0.29, 0.717) is 26.1 Å². The van der Waals surface area contributed by atoms with Gasteiger partial charge >= 0.3 is 6.03 Å². The zero-order valence-corrected chi connectivity index (χ0v) is 23.0. The van der Waals surface area contributed by atoms with Gasteiger partial charge in [-0.05, 0) is 41.2 Å². The largest absolute Gasteiger partial charge is 0.392 e. The number of aliphatic hydroxyl groups excluding tert-OH is 2. The maximum absolute atomic E-state index is 11.9. The van der Waals surface area contributed by atoms with E-state index in [4.69, 9.17) is 9.47 Å². The fourth-order valence-electron chi connectivity index (χ4n) is 5.47. The van der Waals surface area contributed by atoms with E-state index < -0.39 is 6.29 Å². The number of β-amino-alcohol motifs (C(OH)–C–C–N with tert-alkyl or cyclic N) is 1. The van der Waals surface area contributed by atoms with E-state index in [1.165, 1.54) is 0 Å². The Morgan fingerprint density at radius 2 is 1.73 bits per heavy atom. The molecule has 2 saturated heterocycles. The second-order valence-electron chi connectivity index (χ2n) is 10.5. The minimum Gasteiger partial charge on any atom is -0.392 e. The Labute approximate surface area is 235 Å². The van der Waals surface area contributed by atoms with Crippen molar-refractivity contribution in [1.82, 2.24) is 15.5 Å². The molecule has 2 amide bonds. The lowest BCUT2D eigenvalue weighted by atomic mass is 9.97. The third-order valence-electron chi connectivity index (χ3n) is 7.61. The number of amides is 2. The zero-order chi connectivity index (χ0) is 27.9. The van der Waals surface area contributed by atoms with Crippen LogP contribution in [0.15, 0.2) is 72.8 Å². The van der Waals surface area contributed by atoms with Gasteiger partial charge in [0.2, 0.25) is 0 Å². The van der Waals surface area contributed by atoms with Crippen molar-refractivity contribution >= 4 is 6.03 Å². The summed E-state index contributed by atoms with van der Waals surface area (Å²) in [6.45, 7) is 5.19. The molecule has 0 aliphatic carbocycles. The van der Waals surface area contributed by atoms with Gasteiger partial charge in [-0.3, -0.25) is 4.90 Å². The highest BCUT2D eigenvalue weighted by atomic mass is 16.7. The summed E-state index contributed by atoms with van der Waals surface area (Å²) in [5, 5.41) is 25.1. The topological polar surface area (TPSA) is 103 Å². The normalized spacial score (nSPS) is 23.2. The molecule has 0 saturated carbocycles. The van der Waals surface area contributed by atoms with Crippen molar-refractivity contribution in [1.29, 1.82) is 0 Å². The number of rotatable bonds is 9. The summed E-state index contributed by atoms with van der Waals surface area (Å²) in [6.07, 6.45) is 0.505. The number of carbonyl (C=O) groups excluding carboxylic acids is 1. The standard InChI is InChI=1S/C32H39N3O5/c1-2-33-32(38)34-18-26-5-3-4-6-29(26)23-11-13-25(14-12-23)31-39-28(20-35-16-15-27(37)19-35)17-30(40-31)24-9-7-22(21-36)8-10-24/h3-14,27-28,30-31,36-37H,2,15-21H2,1H3,(H2,33,34,38)/t27-,28-,30+,31+/m0/s1. The predicted molar refractivity (Wildman–Crippen MR) is 153 cm³/mol.